The standard InChI is InChI=1S/C11H19BrN2O/c1-5-9(4)15-7-11-10(12)6-13-14(11)8(2)3/h6,8-9H,5,7H2,1-4H3/t9-/m0/s1. The van der Waals surface area contributed by atoms with Gasteiger partial charge in [-0.3, -0.25) is 4.68 Å². The van der Waals surface area contributed by atoms with E-state index in [0.717, 1.165) is 16.6 Å². The highest BCUT2D eigenvalue weighted by Gasteiger charge is 2.12. The van der Waals surface area contributed by atoms with Crippen LogP contribution in [0.1, 0.15) is 45.9 Å². The summed E-state index contributed by atoms with van der Waals surface area (Å²) in [5.74, 6) is 0. The summed E-state index contributed by atoms with van der Waals surface area (Å²) in [6.07, 6.45) is 3.16. The molecule has 0 aromatic carbocycles. The fourth-order valence-corrected chi connectivity index (χ4v) is 1.67. The maximum atomic E-state index is 5.72. The van der Waals surface area contributed by atoms with Gasteiger partial charge in [0.2, 0.25) is 0 Å². The Labute approximate surface area is 99.9 Å². The quantitative estimate of drug-likeness (QED) is 0.821. The van der Waals surface area contributed by atoms with Gasteiger partial charge in [-0.1, -0.05) is 6.92 Å². The van der Waals surface area contributed by atoms with Crippen LogP contribution in [0.3, 0.4) is 0 Å². The second-order valence-corrected chi connectivity index (χ2v) is 4.86. The Morgan fingerprint density at radius 2 is 2.13 bits per heavy atom. The van der Waals surface area contributed by atoms with Crippen LogP contribution in [-0.4, -0.2) is 15.9 Å². The number of halogens is 1. The van der Waals surface area contributed by atoms with Crippen LogP contribution >= 0.6 is 15.9 Å². The topological polar surface area (TPSA) is 27.1 Å². The van der Waals surface area contributed by atoms with Gasteiger partial charge in [-0.15, -0.1) is 0 Å². The van der Waals surface area contributed by atoms with Gasteiger partial charge in [0.25, 0.3) is 0 Å². The van der Waals surface area contributed by atoms with Gasteiger partial charge in [0, 0.05) is 6.04 Å². The molecule has 0 N–H and O–H groups in total. The van der Waals surface area contributed by atoms with E-state index in [0.29, 0.717) is 18.8 Å². The van der Waals surface area contributed by atoms with Crippen LogP contribution in [0.25, 0.3) is 0 Å². The first-order chi connectivity index (χ1) is 7.06. The van der Waals surface area contributed by atoms with Crippen LogP contribution in [0.15, 0.2) is 10.7 Å². The van der Waals surface area contributed by atoms with Crippen molar-refractivity contribution < 1.29 is 4.74 Å². The highest BCUT2D eigenvalue weighted by Crippen LogP contribution is 2.20. The van der Waals surface area contributed by atoms with Gasteiger partial charge in [-0.05, 0) is 43.1 Å². The molecule has 0 saturated heterocycles. The SMILES string of the molecule is CC[C@H](C)OCc1c(Br)cnn1C(C)C. The Morgan fingerprint density at radius 1 is 1.47 bits per heavy atom. The molecule has 0 radical (unpaired) electrons. The third kappa shape index (κ3) is 3.31. The molecule has 0 aliphatic carbocycles. The predicted octanol–water partition coefficient (Wildman–Crippen LogP) is 3.54. The molecule has 0 unspecified atom stereocenters. The van der Waals surface area contributed by atoms with Crippen LogP contribution < -0.4 is 0 Å². The molecule has 0 bridgehead atoms. The molecule has 4 heteroatoms. The Kier molecular flexibility index (Phi) is 4.80. The largest absolute Gasteiger partial charge is 0.372 e. The molecule has 86 valence electrons. The Morgan fingerprint density at radius 3 is 2.67 bits per heavy atom. The summed E-state index contributed by atoms with van der Waals surface area (Å²) in [5.41, 5.74) is 1.12. The molecule has 0 saturated carbocycles. The van der Waals surface area contributed by atoms with Crippen molar-refractivity contribution in [1.29, 1.82) is 0 Å². The molecule has 1 aromatic rings. The molecule has 0 fully saturated rings. The number of ether oxygens (including phenoxy) is 1. The van der Waals surface area contributed by atoms with Crippen LogP contribution in [0.2, 0.25) is 0 Å². The van der Waals surface area contributed by atoms with E-state index in [1.165, 1.54) is 0 Å². The van der Waals surface area contributed by atoms with Crippen LogP contribution in [0.4, 0.5) is 0 Å². The third-order valence-corrected chi connectivity index (χ3v) is 3.08. The molecule has 15 heavy (non-hydrogen) atoms. The molecule has 1 aromatic heterocycles. The summed E-state index contributed by atoms with van der Waals surface area (Å²) < 4.78 is 8.74. The van der Waals surface area contributed by atoms with Crippen molar-refractivity contribution in [3.05, 3.63) is 16.4 Å². The summed E-state index contributed by atoms with van der Waals surface area (Å²) >= 11 is 3.49. The lowest BCUT2D eigenvalue weighted by molar-refractivity contribution is 0.0458. The molecule has 1 rings (SSSR count). The predicted molar refractivity (Wildman–Crippen MR) is 64.9 cm³/mol. The van der Waals surface area contributed by atoms with Crippen LogP contribution in [0, 0.1) is 0 Å². The van der Waals surface area contributed by atoms with E-state index in [9.17, 15) is 0 Å². The van der Waals surface area contributed by atoms with Crippen molar-refractivity contribution >= 4 is 15.9 Å². The number of hydrogen-bond donors (Lipinski definition) is 0. The van der Waals surface area contributed by atoms with E-state index in [-0.39, 0.29) is 0 Å². The fourth-order valence-electron chi connectivity index (χ4n) is 1.29. The second kappa shape index (κ2) is 5.66. The van der Waals surface area contributed by atoms with Crippen LogP contribution in [-0.2, 0) is 11.3 Å². The summed E-state index contributed by atoms with van der Waals surface area (Å²) in [4.78, 5) is 0. The number of nitrogens with zero attached hydrogens (tertiary/aromatic N) is 2. The molecule has 1 heterocycles. The summed E-state index contributed by atoms with van der Waals surface area (Å²) in [5, 5.41) is 4.31. The minimum atomic E-state index is 0.299. The number of rotatable bonds is 5. The molecule has 0 aliphatic rings. The maximum absolute atomic E-state index is 5.72. The second-order valence-electron chi connectivity index (χ2n) is 4.01. The molecular weight excluding hydrogens is 256 g/mol. The van der Waals surface area contributed by atoms with Gasteiger partial charge in [0.05, 0.1) is 29.1 Å². The summed E-state index contributed by atoms with van der Waals surface area (Å²) in [6, 6.07) is 0.367. The molecule has 0 aliphatic heterocycles. The third-order valence-electron chi connectivity index (χ3n) is 2.42. The van der Waals surface area contributed by atoms with E-state index in [1.54, 1.807) is 0 Å². The molecule has 0 spiro atoms. The minimum absolute atomic E-state index is 0.299. The summed E-state index contributed by atoms with van der Waals surface area (Å²) in [6.45, 7) is 9.07. The van der Waals surface area contributed by atoms with Crippen molar-refractivity contribution in [3.63, 3.8) is 0 Å². The Hall–Kier alpha value is -0.350. The smallest absolute Gasteiger partial charge is 0.0900 e. The van der Waals surface area contributed by atoms with Crippen molar-refractivity contribution in [1.82, 2.24) is 9.78 Å². The molecule has 1 atom stereocenters. The van der Waals surface area contributed by atoms with E-state index < -0.39 is 0 Å². The van der Waals surface area contributed by atoms with Gasteiger partial charge in [-0.25, -0.2) is 0 Å². The number of aromatic nitrogens is 2. The van der Waals surface area contributed by atoms with Gasteiger partial charge < -0.3 is 4.74 Å². The molecule has 0 amide bonds. The van der Waals surface area contributed by atoms with Crippen molar-refractivity contribution in [2.45, 2.75) is 52.9 Å². The Balaban J connectivity index is 2.70. The lowest BCUT2D eigenvalue weighted by Crippen LogP contribution is -2.12. The maximum Gasteiger partial charge on any atom is 0.0900 e. The van der Waals surface area contributed by atoms with Gasteiger partial charge >= 0.3 is 0 Å². The van der Waals surface area contributed by atoms with E-state index in [4.69, 9.17) is 4.74 Å². The normalized spacial score (nSPS) is 13.5. The van der Waals surface area contributed by atoms with Crippen molar-refractivity contribution in [2.24, 2.45) is 0 Å². The lowest BCUT2D eigenvalue weighted by Gasteiger charge is -2.14. The zero-order valence-electron chi connectivity index (χ0n) is 9.83. The average Bonchev–Trinajstić information content (AvgIpc) is 2.56. The highest BCUT2D eigenvalue weighted by molar-refractivity contribution is 9.10. The molecular formula is C11H19BrN2O. The first-order valence-electron chi connectivity index (χ1n) is 5.39. The van der Waals surface area contributed by atoms with Gasteiger partial charge in [0.15, 0.2) is 0 Å². The van der Waals surface area contributed by atoms with E-state index in [2.05, 4.69) is 48.7 Å². The fraction of sp³-hybridized carbons (Fsp3) is 0.727. The molecule has 3 nitrogen and oxygen atoms in total. The van der Waals surface area contributed by atoms with E-state index in [1.807, 2.05) is 10.9 Å². The zero-order chi connectivity index (χ0) is 11.4. The minimum Gasteiger partial charge on any atom is -0.372 e. The summed E-state index contributed by atoms with van der Waals surface area (Å²) in [7, 11) is 0. The first kappa shape index (κ1) is 12.7. The lowest BCUT2D eigenvalue weighted by atomic mass is 10.3. The van der Waals surface area contributed by atoms with Crippen LogP contribution in [0.5, 0.6) is 0 Å². The Bertz CT molecular complexity index is 310. The highest BCUT2D eigenvalue weighted by atomic mass is 79.9. The van der Waals surface area contributed by atoms with Gasteiger partial charge in [0.1, 0.15) is 0 Å². The first-order valence-corrected chi connectivity index (χ1v) is 6.19. The zero-order valence-corrected chi connectivity index (χ0v) is 11.4. The van der Waals surface area contributed by atoms with Crippen molar-refractivity contribution in [2.75, 3.05) is 0 Å². The average molecular weight is 275 g/mol. The number of hydrogen-bond acceptors (Lipinski definition) is 2. The van der Waals surface area contributed by atoms with Gasteiger partial charge in [-0.2, -0.15) is 5.10 Å². The monoisotopic (exact) mass is 274 g/mol. The van der Waals surface area contributed by atoms with E-state index >= 15 is 0 Å². The van der Waals surface area contributed by atoms with Crippen molar-refractivity contribution in [3.8, 4) is 0 Å².